The van der Waals surface area contributed by atoms with E-state index in [0.717, 1.165) is 34.7 Å². The van der Waals surface area contributed by atoms with Crippen LogP contribution in [0.3, 0.4) is 0 Å². The summed E-state index contributed by atoms with van der Waals surface area (Å²) >= 11 is 0. The van der Waals surface area contributed by atoms with Gasteiger partial charge in [-0.25, -0.2) is 9.97 Å². The molecule has 2 aliphatic heterocycles. The quantitative estimate of drug-likeness (QED) is 0.135. The molecule has 396 valence electrons. The van der Waals surface area contributed by atoms with E-state index >= 15 is 9.59 Å². The molecule has 1 aliphatic carbocycles. The average Bonchev–Trinajstić information content (AvgIpc) is 4.11. The molecular formula is C57H76N10O7. The third-order valence-corrected chi connectivity index (χ3v) is 14.9. The van der Waals surface area contributed by atoms with Gasteiger partial charge in [0.05, 0.1) is 11.1 Å². The molecule has 0 spiro atoms. The van der Waals surface area contributed by atoms with Gasteiger partial charge in [-0.3, -0.25) is 33.6 Å². The molecular weight excluding hydrogens is 937 g/mol. The Balaban J connectivity index is 1.35. The van der Waals surface area contributed by atoms with Crippen LogP contribution >= 0.6 is 0 Å². The van der Waals surface area contributed by atoms with Gasteiger partial charge in [-0.15, -0.1) is 6.58 Å². The minimum Gasteiger partial charge on any atom is -0.343 e. The largest absolute Gasteiger partial charge is 0.343 e. The van der Waals surface area contributed by atoms with Crippen molar-refractivity contribution in [2.24, 2.45) is 17.8 Å². The van der Waals surface area contributed by atoms with Gasteiger partial charge in [-0.1, -0.05) is 83.0 Å². The Kier molecular flexibility index (Phi) is 17.4. The maximum Gasteiger partial charge on any atom is 0.246 e. The molecule has 2 aromatic carbocycles. The first-order chi connectivity index (χ1) is 35.2. The molecule has 1 saturated heterocycles. The SMILES string of the molecule is C=CC(C)(C)n1cc(C[C@@H]2NC(=O)[C@H](CC3CC3)NC(=O)[C@H](CC(C)C)N3CC/C=C\C[C@@H](C3=O)N(C)C(=O)[C@H](C)NC(=O)[C@H](Cc3ccc4ncncc4c3)NC(=O)[C@H](CC(C)C)N(C)C2=O)c2ccccc21. The lowest BCUT2D eigenvalue weighted by atomic mass is 9.97. The van der Waals surface area contributed by atoms with Gasteiger partial charge in [0.2, 0.25) is 41.4 Å². The van der Waals surface area contributed by atoms with Crippen molar-refractivity contribution in [2.45, 2.75) is 154 Å². The topological polar surface area (TPSA) is 208 Å². The minimum absolute atomic E-state index is 0.00344. The summed E-state index contributed by atoms with van der Waals surface area (Å²) in [6.07, 6.45) is 13.9. The van der Waals surface area contributed by atoms with Crippen molar-refractivity contribution < 1.29 is 33.6 Å². The molecule has 7 amide bonds. The first kappa shape index (κ1) is 54.9. The summed E-state index contributed by atoms with van der Waals surface area (Å²) < 4.78 is 2.08. The van der Waals surface area contributed by atoms with Gasteiger partial charge >= 0.3 is 0 Å². The zero-order valence-electron chi connectivity index (χ0n) is 44.6. The number of carbonyl (C=O) groups is 7. The fourth-order valence-corrected chi connectivity index (χ4v) is 10.3. The lowest BCUT2D eigenvalue weighted by Gasteiger charge is -2.38. The van der Waals surface area contributed by atoms with Crippen LogP contribution in [0.1, 0.15) is 105 Å². The number of fused-ring (bicyclic) bond motifs is 4. The highest BCUT2D eigenvalue weighted by Gasteiger charge is 2.42. The van der Waals surface area contributed by atoms with Gasteiger partial charge < -0.3 is 40.5 Å². The zero-order valence-corrected chi connectivity index (χ0v) is 44.6. The summed E-state index contributed by atoms with van der Waals surface area (Å²) in [5.74, 6) is -3.90. The number of rotatable bonds is 12. The average molecular weight is 1010 g/mol. The fourth-order valence-electron chi connectivity index (χ4n) is 10.3. The van der Waals surface area contributed by atoms with Crippen LogP contribution in [0, 0.1) is 17.8 Å². The number of allylic oxidation sites excluding steroid dienone is 1. The van der Waals surface area contributed by atoms with E-state index in [-0.39, 0.29) is 56.4 Å². The Morgan fingerprint density at radius 1 is 0.757 bits per heavy atom. The number of amides is 7. The molecule has 17 nitrogen and oxygen atoms in total. The summed E-state index contributed by atoms with van der Waals surface area (Å²) in [4.78, 5) is 117. The summed E-state index contributed by atoms with van der Waals surface area (Å²) in [6.45, 7) is 17.6. The highest BCUT2D eigenvalue weighted by atomic mass is 16.2. The highest BCUT2D eigenvalue weighted by molar-refractivity contribution is 5.99. The van der Waals surface area contributed by atoms with Crippen LogP contribution in [0.15, 0.2) is 86.0 Å². The van der Waals surface area contributed by atoms with Gasteiger partial charge in [0, 0.05) is 62.2 Å². The minimum atomic E-state index is -1.24. The number of carbonyl (C=O) groups excluding carboxylic acids is 7. The summed E-state index contributed by atoms with van der Waals surface area (Å²) in [7, 11) is 3.05. The van der Waals surface area contributed by atoms with Crippen LogP contribution in [0.4, 0.5) is 0 Å². The Labute approximate surface area is 435 Å². The van der Waals surface area contributed by atoms with Crippen molar-refractivity contribution in [2.75, 3.05) is 20.6 Å². The third kappa shape index (κ3) is 12.9. The normalized spacial score (nSPS) is 25.0. The molecule has 0 radical (unpaired) electrons. The molecule has 4 heterocycles. The summed E-state index contributed by atoms with van der Waals surface area (Å²) in [5.41, 5.74) is 2.50. The Bertz CT molecular complexity index is 2780. The van der Waals surface area contributed by atoms with E-state index in [0.29, 0.717) is 23.9 Å². The van der Waals surface area contributed by atoms with E-state index in [4.69, 9.17) is 0 Å². The molecule has 7 atom stereocenters. The van der Waals surface area contributed by atoms with Gasteiger partial charge in [0.1, 0.15) is 48.6 Å². The second-order valence-electron chi connectivity index (χ2n) is 22.0. The van der Waals surface area contributed by atoms with E-state index in [9.17, 15) is 24.0 Å². The summed E-state index contributed by atoms with van der Waals surface area (Å²) in [6, 6.07) is 5.40. The molecule has 2 fully saturated rings. The molecule has 0 unspecified atom stereocenters. The molecule has 17 heteroatoms. The first-order valence-electron chi connectivity index (χ1n) is 26.3. The number of hydrogen-bond donors (Lipinski definition) is 4. The van der Waals surface area contributed by atoms with E-state index in [1.165, 1.54) is 42.0 Å². The number of nitrogens with one attached hydrogen (secondary N) is 4. The van der Waals surface area contributed by atoms with Gasteiger partial charge in [0.15, 0.2) is 0 Å². The third-order valence-electron chi connectivity index (χ3n) is 14.9. The van der Waals surface area contributed by atoms with Gasteiger partial charge in [0.25, 0.3) is 0 Å². The van der Waals surface area contributed by atoms with Crippen molar-refractivity contribution in [3.05, 3.63) is 97.1 Å². The van der Waals surface area contributed by atoms with Crippen molar-refractivity contribution >= 4 is 63.2 Å². The molecule has 4 aromatic rings. The standard InChI is InChI=1S/C57H76N10O7/c1-11-57(7,8)67-32-40(41-17-14-15-18-46(41)67)30-45-55(73)65(10)48(25-34(2)3)52(70)61-44(29-38-22-23-42-39(27-38)31-58-33-59-42)50(68)60-36(6)54(72)64(9)47-19-13-12-16-24-66(56(47)74)49(26-35(4)5)53(71)62-43(51(69)63-45)28-37-20-21-37/h11-15,17-18,22-23,27,31-37,43-45,47-49H,1,16,19-21,24-26,28-30H2,2-10H3,(H,60,68)(H,61,70)(H,62,71)(H,63,69)/b13-12-/t36-,43-,44-,45-,47-,48-,49-/m0/s1. The predicted octanol–water partition coefficient (Wildman–Crippen LogP) is 5.36. The fraction of sp³-hybridized carbons (Fsp3) is 0.526. The van der Waals surface area contributed by atoms with Gasteiger partial charge in [-0.2, -0.15) is 0 Å². The molecule has 7 rings (SSSR count). The van der Waals surface area contributed by atoms with Crippen LogP contribution < -0.4 is 21.3 Å². The number of aromatic nitrogens is 3. The Morgan fingerprint density at radius 2 is 1.42 bits per heavy atom. The van der Waals surface area contributed by atoms with E-state index in [1.54, 1.807) is 18.3 Å². The van der Waals surface area contributed by atoms with Crippen molar-refractivity contribution in [1.82, 2.24) is 50.5 Å². The van der Waals surface area contributed by atoms with Crippen LogP contribution in [0.2, 0.25) is 0 Å². The Hall–Kier alpha value is -6.91. The number of para-hydroxylation sites is 1. The van der Waals surface area contributed by atoms with Crippen LogP contribution in [0.25, 0.3) is 21.8 Å². The second kappa shape index (κ2) is 23.5. The summed E-state index contributed by atoms with van der Waals surface area (Å²) in [5, 5.41) is 13.5. The lowest BCUT2D eigenvalue weighted by molar-refractivity contribution is -0.150. The molecule has 1 saturated carbocycles. The smallest absolute Gasteiger partial charge is 0.246 e. The molecule has 3 aliphatic rings. The number of likely N-dealkylation sites (N-methyl/N-ethyl adjacent to an activating group) is 2. The zero-order chi connectivity index (χ0) is 53.6. The highest BCUT2D eigenvalue weighted by Crippen LogP contribution is 2.34. The van der Waals surface area contributed by atoms with Crippen molar-refractivity contribution in [3.8, 4) is 0 Å². The first-order valence-corrected chi connectivity index (χ1v) is 26.3. The number of benzene rings is 2. The molecule has 4 N–H and O–H groups in total. The van der Waals surface area contributed by atoms with Crippen LogP contribution in [-0.2, 0) is 51.9 Å². The van der Waals surface area contributed by atoms with Gasteiger partial charge in [-0.05, 0) is 100.0 Å². The Morgan fingerprint density at radius 3 is 2.12 bits per heavy atom. The molecule has 2 aromatic heterocycles. The van der Waals surface area contributed by atoms with E-state index in [1.807, 2.05) is 96.3 Å². The van der Waals surface area contributed by atoms with Crippen molar-refractivity contribution in [3.63, 3.8) is 0 Å². The van der Waals surface area contributed by atoms with E-state index < -0.39 is 89.2 Å². The molecule has 74 heavy (non-hydrogen) atoms. The second-order valence-corrected chi connectivity index (χ2v) is 22.0. The number of nitrogens with zero attached hydrogens (tertiary/aromatic N) is 6. The number of hydrogen-bond acceptors (Lipinski definition) is 9. The predicted molar refractivity (Wildman–Crippen MR) is 285 cm³/mol. The van der Waals surface area contributed by atoms with E-state index in [2.05, 4.69) is 42.4 Å². The van der Waals surface area contributed by atoms with Crippen LogP contribution in [-0.4, -0.2) is 134 Å². The van der Waals surface area contributed by atoms with Crippen molar-refractivity contribution in [1.29, 1.82) is 0 Å². The maximum absolute atomic E-state index is 15.4. The maximum atomic E-state index is 15.4. The molecule has 2 bridgehead atoms. The lowest BCUT2D eigenvalue weighted by Crippen LogP contribution is -2.61. The van der Waals surface area contributed by atoms with Crippen LogP contribution in [0.5, 0.6) is 0 Å². The monoisotopic (exact) mass is 1010 g/mol.